The fraction of sp³-hybridized carbons (Fsp3) is 0.333. The lowest BCUT2D eigenvalue weighted by molar-refractivity contribution is -0.136. The summed E-state index contributed by atoms with van der Waals surface area (Å²) in [6, 6.07) is 7.38. The van der Waals surface area contributed by atoms with Crippen LogP contribution in [0.5, 0.6) is 0 Å². The Morgan fingerprint density at radius 2 is 1.94 bits per heavy atom. The van der Waals surface area contributed by atoms with E-state index in [1.54, 1.807) is 28.4 Å². The first kappa shape index (κ1) is 22.7. The number of allylic oxidation sites excluding steroid dienone is 1. The highest BCUT2D eigenvalue weighted by molar-refractivity contribution is 7.07. The van der Waals surface area contributed by atoms with Crippen molar-refractivity contribution < 1.29 is 9.53 Å². The number of methoxy groups -OCH3 is 1. The van der Waals surface area contributed by atoms with Crippen LogP contribution in [-0.4, -0.2) is 40.5 Å². The Labute approximate surface area is 195 Å². The predicted octanol–water partition coefficient (Wildman–Crippen LogP) is 1.99. The summed E-state index contributed by atoms with van der Waals surface area (Å²) in [5, 5.41) is 4.17. The molecule has 172 valence electrons. The Hall–Kier alpha value is -3.46. The minimum atomic E-state index is -0.615. The van der Waals surface area contributed by atoms with Crippen molar-refractivity contribution in [2.75, 3.05) is 25.1 Å². The Bertz CT molecular complexity index is 1390. The van der Waals surface area contributed by atoms with Crippen LogP contribution in [0, 0.1) is 0 Å². The molecule has 0 N–H and O–H groups in total. The molecule has 1 aliphatic rings. The number of anilines is 1. The third kappa shape index (κ3) is 4.16. The molecule has 1 aliphatic heterocycles. The number of rotatable bonds is 6. The van der Waals surface area contributed by atoms with Gasteiger partial charge in [0.05, 0.1) is 35.2 Å². The third-order valence-corrected chi connectivity index (χ3v) is 6.77. The highest BCUT2D eigenvalue weighted by atomic mass is 32.1. The Morgan fingerprint density at radius 3 is 2.52 bits per heavy atom. The number of ether oxygens (including phenoxy) is 1. The van der Waals surface area contributed by atoms with Gasteiger partial charge in [0.2, 0.25) is 0 Å². The van der Waals surface area contributed by atoms with Crippen LogP contribution in [0.15, 0.2) is 57.7 Å². The first-order valence-electron chi connectivity index (χ1n) is 10.8. The molecule has 0 saturated carbocycles. The Kier molecular flexibility index (Phi) is 6.33. The summed E-state index contributed by atoms with van der Waals surface area (Å²) in [6.07, 6.45) is 5.34. The molecule has 0 saturated heterocycles. The van der Waals surface area contributed by atoms with Gasteiger partial charge in [0.15, 0.2) is 4.80 Å². The van der Waals surface area contributed by atoms with Crippen LogP contribution in [0.4, 0.5) is 5.69 Å². The van der Waals surface area contributed by atoms with Crippen LogP contribution in [0.1, 0.15) is 37.9 Å². The second-order valence-corrected chi connectivity index (χ2v) is 8.79. The second-order valence-electron chi connectivity index (χ2n) is 7.78. The van der Waals surface area contributed by atoms with Gasteiger partial charge in [-0.1, -0.05) is 23.5 Å². The maximum atomic E-state index is 13.5. The molecule has 0 amide bonds. The van der Waals surface area contributed by atoms with Crippen molar-refractivity contribution in [1.82, 2.24) is 14.3 Å². The molecular weight excluding hydrogens is 438 g/mol. The largest absolute Gasteiger partial charge is 0.466 e. The number of carbonyl (C=O) groups is 1. The van der Waals surface area contributed by atoms with Crippen molar-refractivity contribution in [3.63, 3.8) is 0 Å². The highest BCUT2D eigenvalue weighted by Crippen LogP contribution is 2.31. The molecule has 0 spiro atoms. The topological polar surface area (TPSA) is 81.7 Å². The quantitative estimate of drug-likeness (QED) is 0.520. The van der Waals surface area contributed by atoms with E-state index in [2.05, 4.69) is 28.8 Å². The maximum absolute atomic E-state index is 13.5. The van der Waals surface area contributed by atoms with Gasteiger partial charge in [0.1, 0.15) is 0 Å². The van der Waals surface area contributed by atoms with E-state index in [1.807, 2.05) is 37.5 Å². The summed E-state index contributed by atoms with van der Waals surface area (Å²) in [5.74, 6) is -0.490. The number of esters is 1. The van der Waals surface area contributed by atoms with Gasteiger partial charge in [-0.3, -0.25) is 14.0 Å². The van der Waals surface area contributed by atoms with E-state index in [0.717, 1.165) is 29.9 Å². The molecule has 4 rings (SSSR count). The predicted molar refractivity (Wildman–Crippen MR) is 129 cm³/mol. The van der Waals surface area contributed by atoms with Gasteiger partial charge in [0.25, 0.3) is 5.56 Å². The van der Waals surface area contributed by atoms with Gasteiger partial charge in [-0.15, -0.1) is 0 Å². The summed E-state index contributed by atoms with van der Waals surface area (Å²) in [7, 11) is 3.17. The Morgan fingerprint density at radius 1 is 1.24 bits per heavy atom. The maximum Gasteiger partial charge on any atom is 0.338 e. The minimum Gasteiger partial charge on any atom is -0.466 e. The van der Waals surface area contributed by atoms with Crippen LogP contribution in [-0.2, 0) is 16.6 Å². The average molecular weight is 466 g/mol. The van der Waals surface area contributed by atoms with Crippen molar-refractivity contribution in [2.45, 2.75) is 26.8 Å². The van der Waals surface area contributed by atoms with E-state index in [-0.39, 0.29) is 5.56 Å². The standard InChI is InChI=1S/C24H27N5O3S/c1-6-28(7-2)18-10-8-17(9-11-18)21-20(23(31)32-5)15(3)26-24-29(21)22(30)19(33-24)12-16-13-25-27(4)14-16/h8-14,21H,6-7H2,1-5H3. The van der Waals surface area contributed by atoms with E-state index < -0.39 is 12.0 Å². The zero-order valence-electron chi connectivity index (χ0n) is 19.4. The van der Waals surface area contributed by atoms with Gasteiger partial charge >= 0.3 is 5.97 Å². The monoisotopic (exact) mass is 465 g/mol. The van der Waals surface area contributed by atoms with Gasteiger partial charge in [-0.2, -0.15) is 5.10 Å². The molecule has 1 atom stereocenters. The van der Waals surface area contributed by atoms with E-state index in [4.69, 9.17) is 4.74 Å². The van der Waals surface area contributed by atoms with E-state index >= 15 is 0 Å². The van der Waals surface area contributed by atoms with Crippen LogP contribution >= 0.6 is 11.3 Å². The average Bonchev–Trinajstić information content (AvgIpc) is 3.36. The molecule has 0 bridgehead atoms. The van der Waals surface area contributed by atoms with Crippen LogP contribution in [0.3, 0.4) is 0 Å². The summed E-state index contributed by atoms with van der Waals surface area (Å²) < 4.78 is 8.88. The normalized spacial score (nSPS) is 15.9. The molecule has 1 aromatic carbocycles. The molecule has 3 aromatic rings. The lowest BCUT2D eigenvalue weighted by Crippen LogP contribution is -2.39. The number of fused-ring (bicyclic) bond motifs is 1. The molecule has 1 unspecified atom stereocenters. The molecule has 2 aromatic heterocycles. The third-order valence-electron chi connectivity index (χ3n) is 5.79. The summed E-state index contributed by atoms with van der Waals surface area (Å²) in [4.78, 5) is 33.7. The van der Waals surface area contributed by atoms with E-state index in [1.165, 1.54) is 18.4 Å². The smallest absolute Gasteiger partial charge is 0.338 e. The van der Waals surface area contributed by atoms with Crippen molar-refractivity contribution >= 4 is 29.1 Å². The van der Waals surface area contributed by atoms with Gasteiger partial charge in [0, 0.05) is 37.6 Å². The molecule has 8 nitrogen and oxygen atoms in total. The first-order valence-corrected chi connectivity index (χ1v) is 11.6. The van der Waals surface area contributed by atoms with Gasteiger partial charge in [-0.25, -0.2) is 9.79 Å². The number of carbonyl (C=O) groups excluding carboxylic acids is 1. The summed E-state index contributed by atoms with van der Waals surface area (Å²) >= 11 is 1.30. The fourth-order valence-corrected chi connectivity index (χ4v) is 5.18. The molecule has 0 radical (unpaired) electrons. The molecule has 9 heteroatoms. The lowest BCUT2D eigenvalue weighted by atomic mass is 9.95. The molecule has 0 aliphatic carbocycles. The summed E-state index contributed by atoms with van der Waals surface area (Å²) in [6.45, 7) is 7.79. The van der Waals surface area contributed by atoms with Crippen LogP contribution < -0.4 is 19.8 Å². The molecule has 3 heterocycles. The van der Waals surface area contributed by atoms with E-state index in [9.17, 15) is 9.59 Å². The van der Waals surface area contributed by atoms with Crippen molar-refractivity contribution in [2.24, 2.45) is 12.0 Å². The van der Waals surface area contributed by atoms with Gasteiger partial charge < -0.3 is 9.64 Å². The Balaban J connectivity index is 1.90. The number of nitrogens with zero attached hydrogens (tertiary/aromatic N) is 5. The van der Waals surface area contributed by atoms with Crippen molar-refractivity contribution in [1.29, 1.82) is 0 Å². The fourth-order valence-electron chi connectivity index (χ4n) is 4.13. The molecule has 0 fully saturated rings. The minimum absolute atomic E-state index is 0.200. The number of aryl methyl sites for hydroxylation is 1. The number of thiazole rings is 1. The van der Waals surface area contributed by atoms with Gasteiger partial charge in [-0.05, 0) is 44.5 Å². The van der Waals surface area contributed by atoms with Crippen LogP contribution in [0.25, 0.3) is 6.08 Å². The number of benzene rings is 1. The highest BCUT2D eigenvalue weighted by Gasteiger charge is 2.33. The van der Waals surface area contributed by atoms with Crippen molar-refractivity contribution in [3.05, 3.63) is 78.7 Å². The molecule has 33 heavy (non-hydrogen) atoms. The number of hydrogen-bond acceptors (Lipinski definition) is 7. The number of hydrogen-bond donors (Lipinski definition) is 0. The molecular formula is C24H27N5O3S. The lowest BCUT2D eigenvalue weighted by Gasteiger charge is -2.26. The summed E-state index contributed by atoms with van der Waals surface area (Å²) in [5.41, 5.74) is 3.46. The number of aromatic nitrogens is 3. The SMILES string of the molecule is CCN(CC)c1ccc(C2C(C(=O)OC)=C(C)N=c3sc(=Cc4cnn(C)c4)c(=O)n32)cc1. The zero-order valence-corrected chi connectivity index (χ0v) is 20.2. The zero-order chi connectivity index (χ0) is 23.7. The second kappa shape index (κ2) is 9.19. The first-order chi connectivity index (χ1) is 15.9. The van der Waals surface area contributed by atoms with Crippen molar-refractivity contribution in [3.8, 4) is 0 Å². The van der Waals surface area contributed by atoms with Crippen LogP contribution in [0.2, 0.25) is 0 Å². The van der Waals surface area contributed by atoms with E-state index in [0.29, 0.717) is 20.6 Å².